The number of rotatable bonds is 6. The number of carbonyl (C=O) groups excluding carboxylic acids is 2. The van der Waals surface area contributed by atoms with Gasteiger partial charge in [0.2, 0.25) is 11.8 Å². The van der Waals surface area contributed by atoms with E-state index >= 15 is 0 Å². The monoisotopic (exact) mass is 343 g/mol. The van der Waals surface area contributed by atoms with E-state index in [4.69, 9.17) is 5.26 Å². The molecule has 1 N–H and O–H groups in total. The Morgan fingerprint density at radius 1 is 1.16 bits per heavy atom. The van der Waals surface area contributed by atoms with Gasteiger partial charge < -0.3 is 15.1 Å². The Kier molecular flexibility index (Phi) is 6.92. The van der Waals surface area contributed by atoms with Crippen LogP contribution in [0.15, 0.2) is 24.3 Å². The fraction of sp³-hybridized carbons (Fsp3) is 0.500. The van der Waals surface area contributed by atoms with Crippen molar-refractivity contribution >= 4 is 17.5 Å². The van der Waals surface area contributed by atoms with Crippen molar-refractivity contribution in [3.8, 4) is 6.07 Å². The number of para-hydroxylation sites is 1. The Hall–Kier alpha value is -2.43. The molecule has 7 heteroatoms. The Morgan fingerprint density at radius 3 is 2.44 bits per heavy atom. The van der Waals surface area contributed by atoms with Crippen molar-refractivity contribution < 1.29 is 9.59 Å². The third-order valence-electron chi connectivity index (χ3n) is 4.30. The molecule has 0 atom stereocenters. The van der Waals surface area contributed by atoms with Crippen molar-refractivity contribution in [2.45, 2.75) is 6.42 Å². The summed E-state index contributed by atoms with van der Waals surface area (Å²) in [5.74, 6) is 0.0249. The van der Waals surface area contributed by atoms with Crippen LogP contribution in [0.4, 0.5) is 5.69 Å². The third kappa shape index (κ3) is 5.85. The van der Waals surface area contributed by atoms with E-state index in [1.807, 2.05) is 0 Å². The lowest BCUT2D eigenvalue weighted by Gasteiger charge is -2.34. The van der Waals surface area contributed by atoms with E-state index in [-0.39, 0.29) is 11.8 Å². The molecule has 2 amide bonds. The maximum atomic E-state index is 12.1. The number of piperazine rings is 1. The van der Waals surface area contributed by atoms with E-state index in [1.54, 1.807) is 43.3 Å². The highest BCUT2D eigenvalue weighted by Gasteiger charge is 2.20. The van der Waals surface area contributed by atoms with Crippen molar-refractivity contribution in [1.82, 2.24) is 14.7 Å². The number of likely N-dealkylation sites (N-methyl/N-ethyl adjacent to an activating group) is 1. The van der Waals surface area contributed by atoms with Crippen LogP contribution < -0.4 is 5.32 Å². The first-order valence-corrected chi connectivity index (χ1v) is 8.43. The average Bonchev–Trinajstić information content (AvgIpc) is 2.61. The zero-order valence-corrected chi connectivity index (χ0v) is 14.9. The van der Waals surface area contributed by atoms with Crippen molar-refractivity contribution in [3.63, 3.8) is 0 Å². The predicted octanol–water partition coefficient (Wildman–Crippen LogP) is 0.593. The van der Waals surface area contributed by atoms with Crippen LogP contribution in [0.2, 0.25) is 0 Å². The zero-order valence-electron chi connectivity index (χ0n) is 14.9. The highest BCUT2D eigenvalue weighted by atomic mass is 16.2. The summed E-state index contributed by atoms with van der Waals surface area (Å²) in [6.07, 6.45) is 0.385. The van der Waals surface area contributed by atoms with Gasteiger partial charge in [0.25, 0.3) is 0 Å². The summed E-state index contributed by atoms with van der Waals surface area (Å²) in [5, 5.41) is 11.8. The summed E-state index contributed by atoms with van der Waals surface area (Å²) in [6, 6.07) is 9.06. The number of hydrogen-bond acceptors (Lipinski definition) is 5. The third-order valence-corrected chi connectivity index (χ3v) is 4.30. The topological polar surface area (TPSA) is 79.7 Å². The Labute approximate surface area is 148 Å². The molecular weight excluding hydrogens is 318 g/mol. The summed E-state index contributed by atoms with van der Waals surface area (Å²) in [7, 11) is 3.53. The number of nitrogens with zero attached hydrogens (tertiary/aromatic N) is 4. The minimum absolute atomic E-state index is 0.0899. The lowest BCUT2D eigenvalue weighted by atomic mass is 10.2. The Bertz CT molecular complexity index is 645. The molecule has 0 aliphatic carbocycles. The summed E-state index contributed by atoms with van der Waals surface area (Å²) >= 11 is 0. The van der Waals surface area contributed by atoms with E-state index < -0.39 is 0 Å². The van der Waals surface area contributed by atoms with Crippen LogP contribution in [-0.4, -0.2) is 79.9 Å². The van der Waals surface area contributed by atoms with Gasteiger partial charge >= 0.3 is 0 Å². The fourth-order valence-electron chi connectivity index (χ4n) is 2.67. The summed E-state index contributed by atoms with van der Waals surface area (Å²) < 4.78 is 0. The largest absolute Gasteiger partial charge is 0.348 e. The quantitative estimate of drug-likeness (QED) is 0.818. The molecule has 1 fully saturated rings. The van der Waals surface area contributed by atoms with Gasteiger partial charge in [-0.2, -0.15) is 5.26 Å². The molecule has 1 aliphatic heterocycles. The number of nitrogens with one attached hydrogen (secondary N) is 1. The average molecular weight is 343 g/mol. The molecule has 0 unspecified atom stereocenters. The van der Waals surface area contributed by atoms with Crippen LogP contribution in [0.1, 0.15) is 12.0 Å². The molecule has 0 radical (unpaired) electrons. The van der Waals surface area contributed by atoms with Gasteiger partial charge in [-0.3, -0.25) is 14.5 Å². The van der Waals surface area contributed by atoms with Gasteiger partial charge in [0, 0.05) is 53.2 Å². The van der Waals surface area contributed by atoms with Crippen LogP contribution in [0.5, 0.6) is 0 Å². The second-order valence-corrected chi connectivity index (χ2v) is 6.36. The van der Waals surface area contributed by atoms with Gasteiger partial charge in [0.15, 0.2) is 0 Å². The van der Waals surface area contributed by atoms with E-state index in [0.29, 0.717) is 30.8 Å². The van der Waals surface area contributed by atoms with Crippen molar-refractivity contribution in [2.24, 2.45) is 0 Å². The van der Waals surface area contributed by atoms with Crippen LogP contribution in [0, 0.1) is 11.3 Å². The molecule has 134 valence electrons. The summed E-state index contributed by atoms with van der Waals surface area (Å²) in [5.41, 5.74) is 1.03. The number of benzene rings is 1. The molecular formula is C18H25N5O2. The van der Waals surface area contributed by atoms with Crippen LogP contribution in [-0.2, 0) is 9.59 Å². The minimum Gasteiger partial charge on any atom is -0.348 e. The van der Waals surface area contributed by atoms with Gasteiger partial charge in [-0.15, -0.1) is 0 Å². The molecule has 1 aromatic rings. The molecule has 2 rings (SSSR count). The highest BCUT2D eigenvalue weighted by Crippen LogP contribution is 2.14. The molecule has 7 nitrogen and oxygen atoms in total. The number of carbonyl (C=O) groups is 2. The van der Waals surface area contributed by atoms with E-state index in [2.05, 4.69) is 21.2 Å². The second-order valence-electron chi connectivity index (χ2n) is 6.36. The van der Waals surface area contributed by atoms with Crippen LogP contribution >= 0.6 is 0 Å². The molecule has 0 bridgehead atoms. The highest BCUT2D eigenvalue weighted by molar-refractivity contribution is 5.92. The standard InChI is InChI=1S/C18H25N5O2/c1-21(2)18(25)14-23-11-9-22(10-12-23)8-7-17(24)20-16-6-4-3-5-15(16)13-19/h3-6H,7-12,14H2,1-2H3,(H,20,24). The van der Waals surface area contributed by atoms with Gasteiger partial charge in [-0.05, 0) is 12.1 Å². The number of amides is 2. The Morgan fingerprint density at radius 2 is 1.80 bits per heavy atom. The summed E-state index contributed by atoms with van der Waals surface area (Å²) in [4.78, 5) is 29.8. The number of anilines is 1. The van der Waals surface area contributed by atoms with Crippen molar-refractivity contribution in [2.75, 3.05) is 58.7 Å². The van der Waals surface area contributed by atoms with Gasteiger partial charge in [-0.1, -0.05) is 12.1 Å². The lowest BCUT2D eigenvalue weighted by molar-refractivity contribution is -0.130. The molecule has 0 spiro atoms. The van der Waals surface area contributed by atoms with Gasteiger partial charge in [0.1, 0.15) is 6.07 Å². The fourth-order valence-corrected chi connectivity index (χ4v) is 2.67. The first kappa shape index (κ1) is 18.9. The predicted molar refractivity (Wildman–Crippen MR) is 96.0 cm³/mol. The van der Waals surface area contributed by atoms with Gasteiger partial charge in [-0.25, -0.2) is 0 Å². The SMILES string of the molecule is CN(C)C(=O)CN1CCN(CCC(=O)Nc2ccccc2C#N)CC1. The second kappa shape index (κ2) is 9.16. The maximum Gasteiger partial charge on any atom is 0.236 e. The molecule has 25 heavy (non-hydrogen) atoms. The molecule has 0 aromatic heterocycles. The number of hydrogen-bond donors (Lipinski definition) is 1. The van der Waals surface area contributed by atoms with E-state index in [0.717, 1.165) is 26.2 Å². The maximum absolute atomic E-state index is 12.1. The molecule has 0 saturated carbocycles. The molecule has 1 aliphatic rings. The van der Waals surface area contributed by atoms with E-state index in [9.17, 15) is 9.59 Å². The normalized spacial score (nSPS) is 15.4. The smallest absolute Gasteiger partial charge is 0.236 e. The van der Waals surface area contributed by atoms with Crippen molar-refractivity contribution in [3.05, 3.63) is 29.8 Å². The van der Waals surface area contributed by atoms with Crippen LogP contribution in [0.25, 0.3) is 0 Å². The van der Waals surface area contributed by atoms with Crippen molar-refractivity contribution in [1.29, 1.82) is 5.26 Å². The zero-order chi connectivity index (χ0) is 18.2. The molecule has 1 heterocycles. The molecule has 1 saturated heterocycles. The van der Waals surface area contributed by atoms with Gasteiger partial charge in [0.05, 0.1) is 17.8 Å². The lowest BCUT2D eigenvalue weighted by Crippen LogP contribution is -2.49. The van der Waals surface area contributed by atoms with E-state index in [1.165, 1.54) is 0 Å². The number of nitriles is 1. The van der Waals surface area contributed by atoms with Crippen LogP contribution in [0.3, 0.4) is 0 Å². The summed E-state index contributed by atoms with van der Waals surface area (Å²) in [6.45, 7) is 4.49. The molecule has 1 aromatic carbocycles. The first-order valence-electron chi connectivity index (χ1n) is 8.43. The Balaban J connectivity index is 1.71. The first-order chi connectivity index (χ1) is 12.0. The minimum atomic E-state index is -0.0899.